The van der Waals surface area contributed by atoms with Gasteiger partial charge >= 0.3 is 0 Å². The van der Waals surface area contributed by atoms with E-state index in [1.807, 2.05) is 6.92 Å². The number of nitrogens with one attached hydrogen (secondary N) is 2. The maximum atomic E-state index is 13.5. The van der Waals surface area contributed by atoms with Crippen molar-refractivity contribution in [3.8, 4) is 12.3 Å². The van der Waals surface area contributed by atoms with Crippen LogP contribution in [0.4, 0.5) is 8.78 Å². The van der Waals surface area contributed by atoms with Crippen molar-refractivity contribution in [2.75, 3.05) is 6.54 Å². The fourth-order valence-electron chi connectivity index (χ4n) is 2.72. The molecule has 0 fully saturated rings. The molecule has 2 amide bonds. The van der Waals surface area contributed by atoms with Crippen LogP contribution in [-0.4, -0.2) is 24.4 Å². The Hall–Kier alpha value is -2.68. The van der Waals surface area contributed by atoms with Crippen LogP contribution >= 0.6 is 0 Å². The van der Waals surface area contributed by atoms with Gasteiger partial charge in [0.25, 0.3) is 0 Å². The Kier molecular flexibility index (Phi) is 10.6. The molecular formula is C22H28F2N2O2. The quantitative estimate of drug-likeness (QED) is 0.345. The topological polar surface area (TPSA) is 58.2 Å². The molecule has 1 unspecified atom stereocenters. The van der Waals surface area contributed by atoms with Gasteiger partial charge in [0.15, 0.2) is 0 Å². The van der Waals surface area contributed by atoms with Crippen molar-refractivity contribution in [2.24, 2.45) is 5.92 Å². The van der Waals surface area contributed by atoms with E-state index in [1.165, 1.54) is 6.08 Å². The zero-order valence-corrected chi connectivity index (χ0v) is 16.4. The SMILES string of the molecule is C#CCCCNC(=O)[C@H](Cc1cc(F)cc(F)c1)NC(=O)/C=C/C(C)CCC. The first kappa shape index (κ1) is 23.4. The third-order valence-electron chi connectivity index (χ3n) is 4.11. The molecule has 0 heterocycles. The zero-order valence-electron chi connectivity index (χ0n) is 16.4. The average Bonchev–Trinajstić information content (AvgIpc) is 2.62. The van der Waals surface area contributed by atoms with Gasteiger partial charge < -0.3 is 10.6 Å². The number of carbonyl (C=O) groups excluding carboxylic acids is 2. The van der Waals surface area contributed by atoms with Gasteiger partial charge in [-0.25, -0.2) is 8.78 Å². The first-order chi connectivity index (χ1) is 13.3. The molecule has 6 heteroatoms. The Morgan fingerprint density at radius 2 is 1.93 bits per heavy atom. The van der Waals surface area contributed by atoms with E-state index in [9.17, 15) is 18.4 Å². The number of allylic oxidation sites excluding steroid dienone is 1. The van der Waals surface area contributed by atoms with Crippen molar-refractivity contribution >= 4 is 11.8 Å². The van der Waals surface area contributed by atoms with Crippen LogP contribution in [0.15, 0.2) is 30.4 Å². The molecule has 2 atom stereocenters. The summed E-state index contributed by atoms with van der Waals surface area (Å²) in [5.41, 5.74) is 0.282. The first-order valence-electron chi connectivity index (χ1n) is 9.50. The van der Waals surface area contributed by atoms with Gasteiger partial charge in [0.1, 0.15) is 17.7 Å². The highest BCUT2D eigenvalue weighted by Crippen LogP contribution is 2.11. The highest BCUT2D eigenvalue weighted by Gasteiger charge is 2.21. The highest BCUT2D eigenvalue weighted by molar-refractivity contribution is 5.93. The molecule has 0 saturated carbocycles. The molecule has 1 rings (SSSR count). The summed E-state index contributed by atoms with van der Waals surface area (Å²) in [6.07, 6.45) is 11.4. The van der Waals surface area contributed by atoms with Crippen LogP contribution in [0.3, 0.4) is 0 Å². The largest absolute Gasteiger partial charge is 0.354 e. The third kappa shape index (κ3) is 9.31. The molecule has 0 aliphatic rings. The average molecular weight is 390 g/mol. The molecule has 4 nitrogen and oxygen atoms in total. The number of unbranched alkanes of at least 4 members (excludes halogenated alkanes) is 1. The molecule has 2 N–H and O–H groups in total. The molecule has 0 radical (unpaired) electrons. The van der Waals surface area contributed by atoms with Gasteiger partial charge in [-0.1, -0.05) is 26.3 Å². The lowest BCUT2D eigenvalue weighted by molar-refractivity contribution is -0.127. The predicted molar refractivity (Wildman–Crippen MR) is 106 cm³/mol. The number of benzene rings is 1. The van der Waals surface area contributed by atoms with Crippen molar-refractivity contribution < 1.29 is 18.4 Å². The summed E-state index contributed by atoms with van der Waals surface area (Å²) in [5, 5.41) is 5.32. The van der Waals surface area contributed by atoms with E-state index in [2.05, 4.69) is 23.5 Å². The normalized spacial score (nSPS) is 13.0. The lowest BCUT2D eigenvalue weighted by atomic mass is 10.0. The van der Waals surface area contributed by atoms with Crippen LogP contribution in [0.2, 0.25) is 0 Å². The fraction of sp³-hybridized carbons (Fsp3) is 0.455. The van der Waals surface area contributed by atoms with Gasteiger partial charge in [-0.15, -0.1) is 12.3 Å². The van der Waals surface area contributed by atoms with Gasteiger partial charge in [0.05, 0.1) is 0 Å². The number of hydrogen-bond donors (Lipinski definition) is 2. The number of terminal acetylenes is 1. The van der Waals surface area contributed by atoms with Crippen LogP contribution in [0.1, 0.15) is 45.1 Å². The van der Waals surface area contributed by atoms with E-state index in [0.29, 0.717) is 19.4 Å². The summed E-state index contributed by atoms with van der Waals surface area (Å²) in [6.45, 7) is 4.41. The Labute approximate surface area is 165 Å². The minimum atomic E-state index is -0.953. The Balaban J connectivity index is 2.83. The van der Waals surface area contributed by atoms with Crippen LogP contribution in [0, 0.1) is 29.9 Å². The van der Waals surface area contributed by atoms with Crippen molar-refractivity contribution in [3.63, 3.8) is 0 Å². The number of carbonyl (C=O) groups is 2. The second-order valence-corrected chi connectivity index (χ2v) is 6.77. The van der Waals surface area contributed by atoms with E-state index in [-0.39, 0.29) is 17.9 Å². The van der Waals surface area contributed by atoms with Crippen molar-refractivity contribution in [2.45, 2.75) is 52.0 Å². The molecule has 0 spiro atoms. The Morgan fingerprint density at radius 3 is 2.54 bits per heavy atom. The lowest BCUT2D eigenvalue weighted by Crippen LogP contribution is -2.47. The highest BCUT2D eigenvalue weighted by atomic mass is 19.1. The maximum Gasteiger partial charge on any atom is 0.244 e. The zero-order chi connectivity index (χ0) is 20.9. The smallest absolute Gasteiger partial charge is 0.244 e. The monoisotopic (exact) mass is 390 g/mol. The van der Waals surface area contributed by atoms with Crippen LogP contribution in [-0.2, 0) is 16.0 Å². The van der Waals surface area contributed by atoms with Gasteiger partial charge in [0.2, 0.25) is 11.8 Å². The van der Waals surface area contributed by atoms with E-state index in [0.717, 1.165) is 31.0 Å². The summed E-state index contributed by atoms with van der Waals surface area (Å²) in [4.78, 5) is 24.7. The molecule has 28 heavy (non-hydrogen) atoms. The van der Waals surface area contributed by atoms with Crippen LogP contribution in [0.5, 0.6) is 0 Å². The lowest BCUT2D eigenvalue weighted by Gasteiger charge is -2.18. The molecule has 152 valence electrons. The standard InChI is InChI=1S/C22H28F2N2O2/c1-4-6-7-11-25-22(28)20(14-17-12-18(23)15-19(24)13-17)26-21(27)10-9-16(3)8-5-2/h1,9-10,12-13,15-16,20H,5-8,11,14H2,2-3H3,(H,25,28)(H,26,27)/b10-9+/t16?,20-/m0/s1. The predicted octanol–water partition coefficient (Wildman–Crippen LogP) is 3.51. The second-order valence-electron chi connectivity index (χ2n) is 6.77. The van der Waals surface area contributed by atoms with E-state index >= 15 is 0 Å². The van der Waals surface area contributed by atoms with Crippen LogP contribution in [0.25, 0.3) is 0 Å². The van der Waals surface area contributed by atoms with Crippen LogP contribution < -0.4 is 10.6 Å². The minimum Gasteiger partial charge on any atom is -0.354 e. The Morgan fingerprint density at radius 1 is 1.25 bits per heavy atom. The van der Waals surface area contributed by atoms with E-state index < -0.39 is 29.5 Å². The number of hydrogen-bond acceptors (Lipinski definition) is 2. The maximum absolute atomic E-state index is 13.5. The summed E-state index contributed by atoms with van der Waals surface area (Å²) in [7, 11) is 0. The van der Waals surface area contributed by atoms with Crippen molar-refractivity contribution in [1.82, 2.24) is 10.6 Å². The first-order valence-corrected chi connectivity index (χ1v) is 9.50. The number of halogens is 2. The molecule has 0 saturated heterocycles. The summed E-state index contributed by atoms with van der Waals surface area (Å²) >= 11 is 0. The molecule has 0 aromatic heterocycles. The van der Waals surface area contributed by atoms with Gasteiger partial charge in [-0.05, 0) is 42.5 Å². The molecule has 1 aromatic rings. The fourth-order valence-corrected chi connectivity index (χ4v) is 2.72. The number of rotatable bonds is 11. The molecular weight excluding hydrogens is 362 g/mol. The third-order valence-corrected chi connectivity index (χ3v) is 4.11. The van der Waals surface area contributed by atoms with Gasteiger partial charge in [-0.2, -0.15) is 0 Å². The van der Waals surface area contributed by atoms with E-state index in [4.69, 9.17) is 6.42 Å². The Bertz CT molecular complexity index is 705. The van der Waals surface area contributed by atoms with Gasteiger partial charge in [0, 0.05) is 25.5 Å². The molecule has 0 bridgehead atoms. The summed E-state index contributed by atoms with van der Waals surface area (Å²) < 4.78 is 26.9. The molecule has 0 aliphatic carbocycles. The summed E-state index contributed by atoms with van der Waals surface area (Å²) in [5.74, 6) is 0.399. The number of amides is 2. The molecule has 1 aromatic carbocycles. The minimum absolute atomic E-state index is 0.0280. The van der Waals surface area contributed by atoms with Crippen molar-refractivity contribution in [3.05, 3.63) is 47.5 Å². The second kappa shape index (κ2) is 12.7. The molecule has 0 aliphatic heterocycles. The van der Waals surface area contributed by atoms with Gasteiger partial charge in [-0.3, -0.25) is 9.59 Å². The summed E-state index contributed by atoms with van der Waals surface area (Å²) in [6, 6.07) is 2.10. The van der Waals surface area contributed by atoms with E-state index in [1.54, 1.807) is 6.08 Å². The van der Waals surface area contributed by atoms with Crippen molar-refractivity contribution in [1.29, 1.82) is 0 Å².